The molecule has 6 nitrogen and oxygen atoms in total. The number of rotatable bonds is 4. The number of piperidine rings is 1. The van der Waals surface area contributed by atoms with Gasteiger partial charge >= 0.3 is 0 Å². The Balaban J connectivity index is 1.38. The number of pyridine rings is 1. The van der Waals surface area contributed by atoms with E-state index in [1.807, 2.05) is 24.3 Å². The summed E-state index contributed by atoms with van der Waals surface area (Å²) in [5.74, 6) is 1.75. The van der Waals surface area contributed by atoms with E-state index in [1.54, 1.807) is 12.3 Å². The van der Waals surface area contributed by atoms with Gasteiger partial charge in [-0.2, -0.15) is 5.26 Å². The first-order chi connectivity index (χ1) is 12.2. The van der Waals surface area contributed by atoms with Gasteiger partial charge in [0.1, 0.15) is 23.3 Å². The number of aromatic nitrogens is 1. The number of nitrogens with zero attached hydrogens (tertiary/aromatic N) is 3. The minimum absolute atomic E-state index is 0.0879. The summed E-state index contributed by atoms with van der Waals surface area (Å²) in [4.78, 5) is 6.72. The van der Waals surface area contributed by atoms with Crippen molar-refractivity contribution < 1.29 is 9.15 Å². The first kappa shape index (κ1) is 16.1. The van der Waals surface area contributed by atoms with Crippen molar-refractivity contribution in [1.82, 2.24) is 9.88 Å². The van der Waals surface area contributed by atoms with Crippen LogP contribution in [0.25, 0.3) is 0 Å². The lowest BCUT2D eigenvalue weighted by Crippen LogP contribution is -2.47. The lowest BCUT2D eigenvalue weighted by atomic mass is 9.88. The first-order valence-corrected chi connectivity index (χ1v) is 8.77. The second-order valence-electron chi connectivity index (χ2n) is 6.95. The number of hydrogen-bond acceptors (Lipinski definition) is 6. The molecule has 4 rings (SSSR count). The summed E-state index contributed by atoms with van der Waals surface area (Å²) < 4.78 is 11.7. The lowest BCUT2D eigenvalue weighted by Gasteiger charge is -2.39. The lowest BCUT2D eigenvalue weighted by molar-refractivity contribution is -0.0544. The number of ether oxygens (including phenoxy) is 1. The molecule has 130 valence electrons. The predicted octanol–water partition coefficient (Wildman–Crippen LogP) is 2.78. The molecule has 1 spiro atoms. The molecule has 0 aromatic carbocycles. The van der Waals surface area contributed by atoms with Crippen LogP contribution in [0.4, 0.5) is 5.82 Å². The van der Waals surface area contributed by atoms with E-state index in [-0.39, 0.29) is 11.6 Å². The fourth-order valence-corrected chi connectivity index (χ4v) is 3.96. The zero-order valence-corrected chi connectivity index (χ0v) is 14.1. The summed E-state index contributed by atoms with van der Waals surface area (Å²) in [6, 6.07) is 11.7. The fraction of sp³-hybridized carbons (Fsp3) is 0.474. The Morgan fingerprint density at radius 1 is 1.36 bits per heavy atom. The highest BCUT2D eigenvalue weighted by Gasteiger charge is 2.43. The van der Waals surface area contributed by atoms with Gasteiger partial charge in [-0.3, -0.25) is 4.90 Å². The molecule has 2 saturated heterocycles. The van der Waals surface area contributed by atoms with Crippen LogP contribution in [0, 0.1) is 11.3 Å². The van der Waals surface area contributed by atoms with Crippen LogP contribution in [-0.4, -0.2) is 41.2 Å². The van der Waals surface area contributed by atoms with E-state index >= 15 is 0 Å². The number of anilines is 1. The van der Waals surface area contributed by atoms with E-state index in [0.717, 1.165) is 50.5 Å². The Bertz CT molecular complexity index is 755. The summed E-state index contributed by atoms with van der Waals surface area (Å²) in [6.45, 7) is 3.52. The third-order valence-corrected chi connectivity index (χ3v) is 5.00. The van der Waals surface area contributed by atoms with Gasteiger partial charge in [-0.15, -0.1) is 0 Å². The van der Waals surface area contributed by atoms with Gasteiger partial charge in [0.05, 0.1) is 31.1 Å². The van der Waals surface area contributed by atoms with Crippen LogP contribution in [0.5, 0.6) is 0 Å². The molecule has 25 heavy (non-hydrogen) atoms. The molecule has 0 radical (unpaired) electrons. The molecule has 0 aliphatic carbocycles. The molecule has 0 bridgehead atoms. The van der Waals surface area contributed by atoms with E-state index in [0.29, 0.717) is 12.3 Å². The first-order valence-electron chi connectivity index (χ1n) is 8.77. The Morgan fingerprint density at radius 3 is 3.16 bits per heavy atom. The Labute approximate surface area is 147 Å². The van der Waals surface area contributed by atoms with Crippen molar-refractivity contribution in [3.8, 4) is 6.07 Å². The van der Waals surface area contributed by atoms with Crippen LogP contribution in [0.15, 0.2) is 41.0 Å². The van der Waals surface area contributed by atoms with Crippen molar-refractivity contribution >= 4 is 5.82 Å². The number of nitrogens with one attached hydrogen (secondary N) is 1. The number of hydrogen-bond donors (Lipinski definition) is 1. The highest BCUT2D eigenvalue weighted by atomic mass is 16.5. The SMILES string of the molecule is N#Cc1cccc(N[C@H]2CO[C@]3(CCCN(Cc4ccco4)C3)C2)n1. The summed E-state index contributed by atoms with van der Waals surface area (Å²) in [5.41, 5.74) is 0.343. The number of nitriles is 1. The normalized spacial score (nSPS) is 26.6. The van der Waals surface area contributed by atoms with E-state index in [4.69, 9.17) is 14.4 Å². The Hall–Kier alpha value is -2.36. The summed E-state index contributed by atoms with van der Waals surface area (Å²) in [5, 5.41) is 12.4. The highest BCUT2D eigenvalue weighted by molar-refractivity contribution is 5.39. The zero-order valence-electron chi connectivity index (χ0n) is 14.1. The van der Waals surface area contributed by atoms with E-state index in [9.17, 15) is 0 Å². The standard InChI is InChI=1S/C19H22N4O2/c20-11-15-4-1-6-18(21-15)22-16-10-19(25-13-16)7-3-8-23(14-19)12-17-5-2-9-24-17/h1-2,4-6,9,16H,3,7-8,10,12-14H2,(H,21,22)/t16-,19-/m1/s1. The monoisotopic (exact) mass is 338 g/mol. The molecule has 2 aliphatic rings. The maximum atomic E-state index is 8.98. The van der Waals surface area contributed by atoms with Crippen LogP contribution in [0.3, 0.4) is 0 Å². The fourth-order valence-electron chi connectivity index (χ4n) is 3.96. The predicted molar refractivity (Wildman–Crippen MR) is 92.9 cm³/mol. The molecule has 0 unspecified atom stereocenters. The van der Waals surface area contributed by atoms with Crippen LogP contribution < -0.4 is 5.32 Å². The van der Waals surface area contributed by atoms with Gasteiger partial charge in [-0.1, -0.05) is 6.07 Å². The van der Waals surface area contributed by atoms with E-state index in [2.05, 4.69) is 21.3 Å². The van der Waals surface area contributed by atoms with Gasteiger partial charge in [0, 0.05) is 13.0 Å². The molecule has 4 heterocycles. The third-order valence-electron chi connectivity index (χ3n) is 5.00. The van der Waals surface area contributed by atoms with E-state index < -0.39 is 0 Å². The summed E-state index contributed by atoms with van der Waals surface area (Å²) >= 11 is 0. The Morgan fingerprint density at radius 2 is 2.32 bits per heavy atom. The number of likely N-dealkylation sites (tertiary alicyclic amines) is 1. The molecule has 2 aromatic rings. The topological polar surface area (TPSA) is 74.3 Å². The largest absolute Gasteiger partial charge is 0.468 e. The van der Waals surface area contributed by atoms with Gasteiger partial charge in [0.25, 0.3) is 0 Å². The molecular formula is C19H22N4O2. The molecular weight excluding hydrogens is 316 g/mol. The van der Waals surface area contributed by atoms with Crippen molar-refractivity contribution in [2.45, 2.75) is 37.5 Å². The molecule has 1 N–H and O–H groups in total. The zero-order chi connectivity index (χ0) is 17.1. The van der Waals surface area contributed by atoms with Crippen LogP contribution in [-0.2, 0) is 11.3 Å². The third kappa shape index (κ3) is 3.68. The van der Waals surface area contributed by atoms with Crippen molar-refractivity contribution in [2.75, 3.05) is 25.0 Å². The van der Waals surface area contributed by atoms with Gasteiger partial charge < -0.3 is 14.5 Å². The molecule has 0 amide bonds. The Kier molecular flexibility index (Phi) is 4.43. The van der Waals surface area contributed by atoms with E-state index in [1.165, 1.54) is 0 Å². The smallest absolute Gasteiger partial charge is 0.142 e. The molecule has 2 atom stereocenters. The molecule has 2 aliphatic heterocycles. The summed E-state index contributed by atoms with van der Waals surface area (Å²) in [7, 11) is 0. The average Bonchev–Trinajstić information content (AvgIpc) is 3.26. The van der Waals surface area contributed by atoms with Crippen LogP contribution >= 0.6 is 0 Å². The van der Waals surface area contributed by atoms with Crippen molar-refractivity contribution in [2.24, 2.45) is 0 Å². The number of furan rings is 1. The van der Waals surface area contributed by atoms with Crippen molar-refractivity contribution in [1.29, 1.82) is 5.26 Å². The van der Waals surface area contributed by atoms with Crippen molar-refractivity contribution in [3.05, 3.63) is 48.0 Å². The summed E-state index contributed by atoms with van der Waals surface area (Å²) in [6.07, 6.45) is 4.91. The molecule has 2 aromatic heterocycles. The second kappa shape index (κ2) is 6.87. The minimum atomic E-state index is -0.0879. The van der Waals surface area contributed by atoms with Gasteiger partial charge in [-0.25, -0.2) is 4.98 Å². The molecule has 6 heteroatoms. The molecule has 2 fully saturated rings. The second-order valence-corrected chi connectivity index (χ2v) is 6.95. The molecule has 0 saturated carbocycles. The van der Waals surface area contributed by atoms with Gasteiger partial charge in [0.15, 0.2) is 0 Å². The van der Waals surface area contributed by atoms with Gasteiger partial charge in [-0.05, 0) is 43.7 Å². The quantitative estimate of drug-likeness (QED) is 0.924. The van der Waals surface area contributed by atoms with Crippen LogP contribution in [0.2, 0.25) is 0 Å². The van der Waals surface area contributed by atoms with Gasteiger partial charge in [0.2, 0.25) is 0 Å². The maximum absolute atomic E-state index is 8.98. The maximum Gasteiger partial charge on any atom is 0.142 e. The minimum Gasteiger partial charge on any atom is -0.468 e. The van der Waals surface area contributed by atoms with Crippen molar-refractivity contribution in [3.63, 3.8) is 0 Å². The van der Waals surface area contributed by atoms with Crippen LogP contribution in [0.1, 0.15) is 30.7 Å². The highest BCUT2D eigenvalue weighted by Crippen LogP contribution is 2.36. The average molecular weight is 338 g/mol.